The minimum Gasteiger partial charge on any atom is -0.254 e. The van der Waals surface area contributed by atoms with Crippen molar-refractivity contribution in [1.29, 1.82) is 0 Å². The van der Waals surface area contributed by atoms with E-state index >= 15 is 0 Å². The maximum absolute atomic E-state index is 5.35. The van der Waals surface area contributed by atoms with Crippen LogP contribution < -0.4 is 0 Å². The van der Waals surface area contributed by atoms with Crippen LogP contribution in [-0.2, 0) is 0 Å². The third-order valence-corrected chi connectivity index (χ3v) is 2.68. The van der Waals surface area contributed by atoms with Crippen LogP contribution in [0.25, 0.3) is 21.9 Å². The van der Waals surface area contributed by atoms with Gasteiger partial charge in [0.15, 0.2) is 0 Å². The molecule has 0 aliphatic heterocycles. The third kappa shape index (κ3) is 1.20. The Hall–Kier alpha value is -1.88. The van der Waals surface area contributed by atoms with Crippen molar-refractivity contribution in [1.82, 2.24) is 20.4 Å². The lowest BCUT2D eigenvalue weighted by Gasteiger charge is -1.88. The van der Waals surface area contributed by atoms with E-state index < -0.39 is 0 Å². The molecule has 5 heteroatoms. The second-order valence-corrected chi connectivity index (χ2v) is 3.57. The van der Waals surface area contributed by atoms with E-state index in [1.54, 1.807) is 6.20 Å². The summed E-state index contributed by atoms with van der Waals surface area (Å²) in [6.45, 7) is 0. The number of aromatic amines is 1. The Morgan fingerprint density at radius 3 is 2.87 bits per heavy atom. The minimum absolute atomic E-state index is 0.687. The quantitative estimate of drug-likeness (QED) is 0.583. The zero-order valence-corrected chi connectivity index (χ0v) is 8.45. The standard InChI is InChI=1S/C10H6N4S/c15-10-6-3-1-2-4-7(6)11-5-8-9(10)13-14-12-8/h1-5H,(H,12,13,14). The Bertz CT molecular complexity index is 704. The van der Waals surface area contributed by atoms with E-state index in [9.17, 15) is 0 Å². The number of nitrogens with one attached hydrogen (secondary N) is 1. The number of fused-ring (bicyclic) bond motifs is 2. The fraction of sp³-hybridized carbons (Fsp3) is 0. The van der Waals surface area contributed by atoms with Crippen LogP contribution in [0, 0.1) is 4.51 Å². The van der Waals surface area contributed by atoms with Gasteiger partial charge < -0.3 is 0 Å². The number of hydrogen-bond donors (Lipinski definition) is 1. The Kier molecular flexibility index (Phi) is 1.72. The Labute approximate surface area is 90.0 Å². The van der Waals surface area contributed by atoms with Crippen molar-refractivity contribution in [2.75, 3.05) is 0 Å². The highest BCUT2D eigenvalue weighted by atomic mass is 32.1. The maximum Gasteiger partial charge on any atom is 0.133 e. The monoisotopic (exact) mass is 214 g/mol. The van der Waals surface area contributed by atoms with Gasteiger partial charge in [-0.25, -0.2) is 0 Å². The molecule has 15 heavy (non-hydrogen) atoms. The van der Waals surface area contributed by atoms with E-state index in [2.05, 4.69) is 20.4 Å². The first-order valence-corrected chi connectivity index (χ1v) is 4.85. The summed E-state index contributed by atoms with van der Waals surface area (Å²) >= 11 is 5.35. The van der Waals surface area contributed by atoms with Gasteiger partial charge in [0.1, 0.15) is 11.0 Å². The number of hydrogen-bond acceptors (Lipinski definition) is 4. The number of nitrogens with zero attached hydrogens (tertiary/aromatic N) is 3. The molecule has 0 atom stereocenters. The fourth-order valence-corrected chi connectivity index (χ4v) is 1.86. The molecule has 0 fully saturated rings. The number of benzene rings is 1. The van der Waals surface area contributed by atoms with Crippen LogP contribution in [0.1, 0.15) is 0 Å². The highest BCUT2D eigenvalue weighted by Crippen LogP contribution is 2.16. The summed E-state index contributed by atoms with van der Waals surface area (Å²) in [7, 11) is 0. The summed E-state index contributed by atoms with van der Waals surface area (Å²) in [5.74, 6) is 0. The van der Waals surface area contributed by atoms with Crippen molar-refractivity contribution in [2.24, 2.45) is 0 Å². The van der Waals surface area contributed by atoms with Crippen molar-refractivity contribution in [3.8, 4) is 0 Å². The summed E-state index contributed by atoms with van der Waals surface area (Å²) in [6, 6.07) is 7.74. The Morgan fingerprint density at radius 2 is 1.93 bits per heavy atom. The number of aromatic nitrogens is 4. The molecule has 3 aromatic rings. The molecule has 0 unspecified atom stereocenters. The Morgan fingerprint density at radius 1 is 1.07 bits per heavy atom. The second-order valence-electron chi connectivity index (χ2n) is 3.16. The normalized spacial score (nSPS) is 10.9. The molecule has 72 valence electrons. The number of para-hydroxylation sites is 1. The topological polar surface area (TPSA) is 54.5 Å². The van der Waals surface area contributed by atoms with Crippen LogP contribution in [0.2, 0.25) is 0 Å². The lowest BCUT2D eigenvalue weighted by molar-refractivity contribution is 0.958. The third-order valence-electron chi connectivity index (χ3n) is 2.26. The molecule has 2 aromatic heterocycles. The lowest BCUT2D eigenvalue weighted by atomic mass is 10.2. The first kappa shape index (κ1) is 8.43. The van der Waals surface area contributed by atoms with Crippen molar-refractivity contribution in [3.63, 3.8) is 0 Å². The fourth-order valence-electron chi connectivity index (χ4n) is 1.53. The largest absolute Gasteiger partial charge is 0.254 e. The average Bonchev–Trinajstić information content (AvgIpc) is 2.69. The van der Waals surface area contributed by atoms with Gasteiger partial charge in [-0.05, 0) is 6.07 Å². The van der Waals surface area contributed by atoms with Crippen LogP contribution in [-0.4, -0.2) is 20.4 Å². The molecule has 0 radical (unpaired) electrons. The van der Waals surface area contributed by atoms with E-state index in [1.165, 1.54) is 0 Å². The van der Waals surface area contributed by atoms with Gasteiger partial charge in [-0.2, -0.15) is 15.4 Å². The minimum atomic E-state index is 0.687. The van der Waals surface area contributed by atoms with E-state index in [1.807, 2.05) is 24.3 Å². The zero-order chi connectivity index (χ0) is 10.3. The molecule has 0 aliphatic carbocycles. The van der Waals surface area contributed by atoms with Crippen LogP contribution in [0.15, 0.2) is 30.5 Å². The molecular formula is C10H6N4S. The molecule has 0 saturated heterocycles. The van der Waals surface area contributed by atoms with Gasteiger partial charge in [-0.15, -0.1) is 0 Å². The van der Waals surface area contributed by atoms with Crippen molar-refractivity contribution in [2.45, 2.75) is 0 Å². The molecule has 3 rings (SSSR count). The van der Waals surface area contributed by atoms with Crippen molar-refractivity contribution < 1.29 is 0 Å². The summed E-state index contributed by atoms with van der Waals surface area (Å²) in [5, 5.41) is 11.5. The molecule has 2 heterocycles. The summed E-state index contributed by atoms with van der Waals surface area (Å²) in [6.07, 6.45) is 1.68. The SMILES string of the molecule is S=c1c2ccccc2ncc2n[nH]nc12. The predicted octanol–water partition coefficient (Wildman–Crippen LogP) is 2.24. The van der Waals surface area contributed by atoms with Gasteiger partial charge in [0.05, 0.1) is 16.2 Å². The maximum atomic E-state index is 5.35. The second kappa shape index (κ2) is 3.06. The van der Waals surface area contributed by atoms with E-state index in [4.69, 9.17) is 12.2 Å². The van der Waals surface area contributed by atoms with Gasteiger partial charge in [0.2, 0.25) is 0 Å². The van der Waals surface area contributed by atoms with Crippen molar-refractivity contribution in [3.05, 3.63) is 35.0 Å². The van der Waals surface area contributed by atoms with Crippen molar-refractivity contribution >= 4 is 34.2 Å². The molecule has 1 N–H and O–H groups in total. The van der Waals surface area contributed by atoms with Gasteiger partial charge in [-0.3, -0.25) is 4.98 Å². The molecule has 0 bridgehead atoms. The van der Waals surface area contributed by atoms with Crippen LogP contribution >= 0.6 is 12.2 Å². The van der Waals surface area contributed by atoms with Crippen LogP contribution in [0.3, 0.4) is 0 Å². The van der Waals surface area contributed by atoms with E-state index in [-0.39, 0.29) is 0 Å². The van der Waals surface area contributed by atoms with E-state index in [0.29, 0.717) is 15.5 Å². The van der Waals surface area contributed by atoms with E-state index in [0.717, 1.165) is 10.9 Å². The molecular weight excluding hydrogens is 208 g/mol. The predicted molar refractivity (Wildman–Crippen MR) is 60.0 cm³/mol. The van der Waals surface area contributed by atoms with Crippen LogP contribution in [0.5, 0.6) is 0 Å². The first-order valence-electron chi connectivity index (χ1n) is 4.45. The summed E-state index contributed by atoms with van der Waals surface area (Å²) in [4.78, 5) is 4.32. The van der Waals surface area contributed by atoms with Gasteiger partial charge in [0, 0.05) is 5.39 Å². The highest BCUT2D eigenvalue weighted by molar-refractivity contribution is 7.72. The molecule has 0 spiro atoms. The summed E-state index contributed by atoms with van der Waals surface area (Å²) in [5.41, 5.74) is 2.25. The summed E-state index contributed by atoms with van der Waals surface area (Å²) < 4.78 is 0.687. The van der Waals surface area contributed by atoms with Crippen LogP contribution in [0.4, 0.5) is 0 Å². The molecule has 1 aromatic carbocycles. The smallest absolute Gasteiger partial charge is 0.133 e. The average molecular weight is 214 g/mol. The zero-order valence-electron chi connectivity index (χ0n) is 7.64. The molecule has 0 aliphatic rings. The Balaban J connectivity index is 2.71. The number of rotatable bonds is 0. The molecule has 0 saturated carbocycles. The molecule has 0 amide bonds. The van der Waals surface area contributed by atoms with Gasteiger partial charge in [-0.1, -0.05) is 30.4 Å². The number of H-pyrrole nitrogens is 1. The van der Waals surface area contributed by atoms with Gasteiger partial charge in [0.25, 0.3) is 0 Å². The lowest BCUT2D eigenvalue weighted by Crippen LogP contribution is -1.72. The first-order chi connectivity index (χ1) is 7.36. The van der Waals surface area contributed by atoms with Gasteiger partial charge >= 0.3 is 0 Å². The highest BCUT2D eigenvalue weighted by Gasteiger charge is 2.02. The molecule has 4 nitrogen and oxygen atoms in total.